The van der Waals surface area contributed by atoms with Crippen molar-refractivity contribution in [2.24, 2.45) is 5.92 Å². The first-order chi connectivity index (χ1) is 16.3. The average Bonchev–Trinajstić information content (AvgIpc) is 2.86. The first-order valence-electron chi connectivity index (χ1n) is 11.6. The largest absolute Gasteiger partial charge is 0.472 e. The van der Waals surface area contributed by atoms with E-state index in [2.05, 4.69) is 28.7 Å². The summed E-state index contributed by atoms with van der Waals surface area (Å²) < 4.78 is 6.24. The molecule has 0 aromatic carbocycles. The summed E-state index contributed by atoms with van der Waals surface area (Å²) in [5, 5.41) is 9.79. The number of hydrogen-bond donors (Lipinski definition) is 1. The van der Waals surface area contributed by atoms with Crippen LogP contribution in [0.15, 0.2) is 36.8 Å². The number of rotatable bonds is 6. The van der Waals surface area contributed by atoms with Crippen molar-refractivity contribution in [2.45, 2.75) is 45.8 Å². The standard InChI is InChI=1S/C26H32N4O4/c1-5-6-7-9-20-12-22-24(28-13-20)34-23(18(2)15-30(26(22)33)19(3)17-31)16-29(4)25(32)21-10-8-11-27-14-21/h8,10-14,18-19,23,31H,5-6,15-17H2,1-4H3/t18-,19+,23-/m1/s1. The fourth-order valence-corrected chi connectivity index (χ4v) is 3.74. The van der Waals surface area contributed by atoms with Crippen LogP contribution in [0.3, 0.4) is 0 Å². The number of pyridine rings is 2. The van der Waals surface area contributed by atoms with E-state index in [4.69, 9.17) is 4.74 Å². The van der Waals surface area contributed by atoms with Gasteiger partial charge in [-0.15, -0.1) is 0 Å². The SMILES string of the molecule is CCCC#Cc1cnc2c(c1)C(=O)N([C@@H](C)CO)C[C@@H](C)[C@@H](CN(C)C(=O)c1cccnc1)O2. The van der Waals surface area contributed by atoms with E-state index in [1.807, 2.05) is 6.92 Å². The lowest BCUT2D eigenvalue weighted by Gasteiger charge is -2.37. The Morgan fingerprint density at radius 1 is 1.41 bits per heavy atom. The van der Waals surface area contributed by atoms with Gasteiger partial charge in [-0.1, -0.05) is 25.7 Å². The number of likely N-dealkylation sites (N-methyl/N-ethyl adjacent to an activating group) is 1. The van der Waals surface area contributed by atoms with Gasteiger partial charge in [0, 0.05) is 50.1 Å². The lowest BCUT2D eigenvalue weighted by molar-refractivity contribution is 0.0313. The van der Waals surface area contributed by atoms with Gasteiger partial charge in [0.2, 0.25) is 5.88 Å². The molecular formula is C26H32N4O4. The molecule has 0 spiro atoms. The van der Waals surface area contributed by atoms with Gasteiger partial charge in [0.15, 0.2) is 0 Å². The van der Waals surface area contributed by atoms with E-state index >= 15 is 0 Å². The van der Waals surface area contributed by atoms with Crippen LogP contribution in [-0.4, -0.2) is 75.6 Å². The van der Waals surface area contributed by atoms with E-state index in [-0.39, 0.29) is 36.3 Å². The number of carbonyl (C=O) groups excluding carboxylic acids is 2. The Labute approximate surface area is 201 Å². The number of aliphatic hydroxyl groups excluding tert-OH is 1. The Morgan fingerprint density at radius 3 is 2.88 bits per heavy atom. The molecule has 0 radical (unpaired) electrons. The van der Waals surface area contributed by atoms with Crippen LogP contribution in [0.25, 0.3) is 0 Å². The lowest BCUT2D eigenvalue weighted by Crippen LogP contribution is -2.50. The quantitative estimate of drug-likeness (QED) is 0.661. The highest BCUT2D eigenvalue weighted by Crippen LogP contribution is 2.27. The molecule has 2 amide bonds. The van der Waals surface area contributed by atoms with Gasteiger partial charge in [-0.3, -0.25) is 14.6 Å². The molecule has 180 valence electrons. The minimum absolute atomic E-state index is 0.124. The van der Waals surface area contributed by atoms with Gasteiger partial charge in [0.05, 0.1) is 24.8 Å². The molecule has 0 saturated heterocycles. The van der Waals surface area contributed by atoms with Gasteiger partial charge in [-0.05, 0) is 31.5 Å². The Kier molecular flexibility index (Phi) is 8.61. The molecule has 8 heteroatoms. The molecule has 2 aromatic heterocycles. The second-order valence-corrected chi connectivity index (χ2v) is 8.68. The van der Waals surface area contributed by atoms with Crippen LogP contribution in [0.5, 0.6) is 5.88 Å². The van der Waals surface area contributed by atoms with Gasteiger partial charge in [0.25, 0.3) is 11.8 Å². The van der Waals surface area contributed by atoms with Crippen molar-refractivity contribution < 1.29 is 19.4 Å². The third-order valence-corrected chi connectivity index (χ3v) is 5.84. The van der Waals surface area contributed by atoms with Crippen LogP contribution in [0.4, 0.5) is 0 Å². The second-order valence-electron chi connectivity index (χ2n) is 8.68. The summed E-state index contributed by atoms with van der Waals surface area (Å²) in [4.78, 5) is 38.0. The predicted octanol–water partition coefficient (Wildman–Crippen LogP) is 2.62. The maximum absolute atomic E-state index is 13.4. The van der Waals surface area contributed by atoms with Gasteiger partial charge >= 0.3 is 0 Å². The van der Waals surface area contributed by atoms with Gasteiger partial charge in [-0.2, -0.15) is 0 Å². The Balaban J connectivity index is 1.93. The van der Waals surface area contributed by atoms with E-state index in [1.54, 1.807) is 54.4 Å². The first kappa shape index (κ1) is 25.2. The fraction of sp³-hybridized carbons (Fsp3) is 0.462. The van der Waals surface area contributed by atoms with Gasteiger partial charge in [-0.25, -0.2) is 4.98 Å². The number of nitrogens with zero attached hydrogens (tertiary/aromatic N) is 4. The zero-order chi connectivity index (χ0) is 24.7. The number of ether oxygens (including phenoxy) is 1. The molecule has 0 aliphatic carbocycles. The normalized spacial score (nSPS) is 18.5. The van der Waals surface area contributed by atoms with E-state index in [0.29, 0.717) is 29.8 Å². The smallest absolute Gasteiger partial charge is 0.259 e. The predicted molar refractivity (Wildman–Crippen MR) is 128 cm³/mol. The molecule has 0 unspecified atom stereocenters. The second kappa shape index (κ2) is 11.6. The summed E-state index contributed by atoms with van der Waals surface area (Å²) in [5.41, 5.74) is 1.43. The molecule has 1 aliphatic rings. The van der Waals surface area contributed by atoms with Crippen LogP contribution in [0, 0.1) is 17.8 Å². The summed E-state index contributed by atoms with van der Waals surface area (Å²) in [6.07, 6.45) is 6.03. The number of carbonyl (C=O) groups is 2. The van der Waals surface area contributed by atoms with Gasteiger partial charge in [0.1, 0.15) is 11.7 Å². The summed E-state index contributed by atoms with van der Waals surface area (Å²) >= 11 is 0. The molecule has 8 nitrogen and oxygen atoms in total. The van der Waals surface area contributed by atoms with Crippen molar-refractivity contribution in [1.82, 2.24) is 19.8 Å². The molecule has 0 bridgehead atoms. The van der Waals surface area contributed by atoms with E-state index < -0.39 is 6.10 Å². The highest BCUT2D eigenvalue weighted by Gasteiger charge is 2.34. The highest BCUT2D eigenvalue weighted by molar-refractivity contribution is 5.97. The van der Waals surface area contributed by atoms with Crippen LogP contribution >= 0.6 is 0 Å². The van der Waals surface area contributed by atoms with E-state index in [0.717, 1.165) is 12.8 Å². The topological polar surface area (TPSA) is 95.9 Å². The summed E-state index contributed by atoms with van der Waals surface area (Å²) in [5.74, 6) is 5.78. The van der Waals surface area contributed by atoms with Crippen molar-refractivity contribution in [3.05, 3.63) is 53.5 Å². The number of unbranched alkanes of at least 4 members (excludes halogenated alkanes) is 1. The van der Waals surface area contributed by atoms with E-state index in [1.165, 1.54) is 6.20 Å². The summed E-state index contributed by atoms with van der Waals surface area (Å²) in [7, 11) is 1.71. The van der Waals surface area contributed by atoms with Gasteiger partial charge < -0.3 is 19.6 Å². The molecule has 1 N–H and O–H groups in total. The third kappa shape index (κ3) is 5.91. The van der Waals surface area contributed by atoms with Crippen LogP contribution in [0.2, 0.25) is 0 Å². The highest BCUT2D eigenvalue weighted by atomic mass is 16.5. The number of fused-ring (bicyclic) bond motifs is 1. The van der Waals surface area contributed by atoms with Crippen molar-refractivity contribution in [3.63, 3.8) is 0 Å². The average molecular weight is 465 g/mol. The molecule has 2 aromatic rings. The van der Waals surface area contributed by atoms with E-state index in [9.17, 15) is 14.7 Å². The molecule has 1 aliphatic heterocycles. The summed E-state index contributed by atoms with van der Waals surface area (Å²) in [6, 6.07) is 4.75. The Bertz CT molecular complexity index is 1060. The third-order valence-electron chi connectivity index (χ3n) is 5.84. The fourth-order valence-electron chi connectivity index (χ4n) is 3.74. The Hall–Kier alpha value is -3.44. The van der Waals surface area contributed by atoms with Crippen LogP contribution in [-0.2, 0) is 0 Å². The van der Waals surface area contributed by atoms with Crippen molar-refractivity contribution >= 4 is 11.8 Å². The zero-order valence-corrected chi connectivity index (χ0v) is 20.2. The van der Waals surface area contributed by atoms with Crippen LogP contribution < -0.4 is 4.74 Å². The molecule has 0 fully saturated rings. The number of aliphatic hydroxyl groups is 1. The van der Waals surface area contributed by atoms with Crippen molar-refractivity contribution in [2.75, 3.05) is 26.7 Å². The molecule has 3 atom stereocenters. The van der Waals surface area contributed by atoms with Crippen LogP contribution in [0.1, 0.15) is 59.9 Å². The van der Waals surface area contributed by atoms with Crippen molar-refractivity contribution in [3.8, 4) is 17.7 Å². The molecule has 34 heavy (non-hydrogen) atoms. The first-order valence-corrected chi connectivity index (χ1v) is 11.6. The Morgan fingerprint density at radius 2 is 2.21 bits per heavy atom. The molecule has 3 rings (SSSR count). The number of amides is 2. The minimum Gasteiger partial charge on any atom is -0.472 e. The molecular weight excluding hydrogens is 432 g/mol. The maximum atomic E-state index is 13.4. The summed E-state index contributed by atoms with van der Waals surface area (Å²) in [6.45, 7) is 6.32. The number of aromatic nitrogens is 2. The maximum Gasteiger partial charge on any atom is 0.259 e. The zero-order valence-electron chi connectivity index (χ0n) is 20.2. The lowest BCUT2D eigenvalue weighted by atomic mass is 9.99. The van der Waals surface area contributed by atoms with Crippen molar-refractivity contribution in [1.29, 1.82) is 0 Å². The number of hydrogen-bond acceptors (Lipinski definition) is 6. The molecule has 0 saturated carbocycles. The monoisotopic (exact) mass is 464 g/mol. The molecule has 3 heterocycles. The minimum atomic E-state index is -0.421.